The summed E-state index contributed by atoms with van der Waals surface area (Å²) < 4.78 is 0. The summed E-state index contributed by atoms with van der Waals surface area (Å²) in [4.78, 5) is 23.7. The number of fused-ring (bicyclic) bond motifs is 3. The van der Waals surface area contributed by atoms with Crippen molar-refractivity contribution in [3.8, 4) is 0 Å². The summed E-state index contributed by atoms with van der Waals surface area (Å²) in [6.07, 6.45) is 5.07. The fraction of sp³-hybridized carbons (Fsp3) is 0.350. The number of thioether (sulfide) groups is 1. The highest BCUT2D eigenvalue weighted by molar-refractivity contribution is 8.00. The summed E-state index contributed by atoms with van der Waals surface area (Å²) in [5.74, 6) is 1.15. The van der Waals surface area contributed by atoms with Crippen LogP contribution in [0.3, 0.4) is 0 Å². The first kappa shape index (κ1) is 17.5. The summed E-state index contributed by atoms with van der Waals surface area (Å²) >= 11 is 3.31. The van der Waals surface area contributed by atoms with E-state index in [1.54, 1.807) is 17.7 Å². The highest BCUT2D eigenvalue weighted by Gasteiger charge is 2.23. The molecule has 1 aliphatic carbocycles. The lowest BCUT2D eigenvalue weighted by Crippen LogP contribution is -2.24. The molecule has 0 saturated carbocycles. The SMILES string of the molecule is C[C@@H]1CCc2c(sc3ncnc(SCC(=O)NCc4ccccc4)c23)C1. The van der Waals surface area contributed by atoms with Gasteiger partial charge in [0, 0.05) is 16.8 Å². The number of aryl methyl sites for hydroxylation is 1. The molecule has 0 saturated heterocycles. The van der Waals surface area contributed by atoms with E-state index in [4.69, 9.17) is 0 Å². The van der Waals surface area contributed by atoms with Gasteiger partial charge in [-0.15, -0.1) is 11.3 Å². The largest absolute Gasteiger partial charge is 0.351 e. The van der Waals surface area contributed by atoms with Crippen LogP contribution < -0.4 is 5.32 Å². The Morgan fingerprint density at radius 3 is 3.00 bits per heavy atom. The van der Waals surface area contributed by atoms with Crippen molar-refractivity contribution in [2.45, 2.75) is 37.8 Å². The van der Waals surface area contributed by atoms with Gasteiger partial charge in [-0.1, -0.05) is 49.0 Å². The first-order valence-electron chi connectivity index (χ1n) is 8.89. The van der Waals surface area contributed by atoms with E-state index >= 15 is 0 Å². The standard InChI is InChI=1S/C20H21N3OS2/c1-13-7-8-15-16(9-13)26-20-18(15)19(22-12-23-20)25-11-17(24)21-10-14-5-3-2-4-6-14/h2-6,12-13H,7-11H2,1H3,(H,21,24)/t13-/m1/s1. The Balaban J connectivity index is 1.45. The number of benzene rings is 1. The van der Waals surface area contributed by atoms with Crippen LogP contribution in [0.15, 0.2) is 41.7 Å². The lowest BCUT2D eigenvalue weighted by molar-refractivity contribution is -0.118. The molecule has 0 fully saturated rings. The molecular weight excluding hydrogens is 362 g/mol. The van der Waals surface area contributed by atoms with E-state index in [0.717, 1.165) is 34.2 Å². The Morgan fingerprint density at radius 1 is 1.31 bits per heavy atom. The zero-order valence-corrected chi connectivity index (χ0v) is 16.3. The molecular formula is C20H21N3OS2. The molecule has 4 rings (SSSR count). The van der Waals surface area contributed by atoms with Crippen LogP contribution >= 0.6 is 23.1 Å². The van der Waals surface area contributed by atoms with Crippen molar-refractivity contribution in [2.75, 3.05) is 5.75 Å². The summed E-state index contributed by atoms with van der Waals surface area (Å²) in [5.41, 5.74) is 2.52. The summed E-state index contributed by atoms with van der Waals surface area (Å²) in [7, 11) is 0. The Bertz CT molecular complexity index is 923. The van der Waals surface area contributed by atoms with Gasteiger partial charge in [0.2, 0.25) is 5.91 Å². The summed E-state index contributed by atoms with van der Waals surface area (Å²) in [6.45, 7) is 2.87. The highest BCUT2D eigenvalue weighted by atomic mass is 32.2. The molecule has 1 N–H and O–H groups in total. The molecule has 26 heavy (non-hydrogen) atoms. The van der Waals surface area contributed by atoms with Gasteiger partial charge >= 0.3 is 0 Å². The van der Waals surface area contributed by atoms with Gasteiger partial charge < -0.3 is 5.32 Å². The van der Waals surface area contributed by atoms with Gasteiger partial charge in [-0.2, -0.15) is 0 Å². The molecule has 4 nitrogen and oxygen atoms in total. The molecule has 2 heterocycles. The molecule has 0 radical (unpaired) electrons. The van der Waals surface area contributed by atoms with Crippen molar-refractivity contribution < 1.29 is 4.79 Å². The van der Waals surface area contributed by atoms with E-state index < -0.39 is 0 Å². The van der Waals surface area contributed by atoms with Gasteiger partial charge in [0.1, 0.15) is 16.2 Å². The maximum Gasteiger partial charge on any atom is 0.230 e. The van der Waals surface area contributed by atoms with Crippen LogP contribution in [-0.4, -0.2) is 21.6 Å². The molecule has 1 atom stereocenters. The van der Waals surface area contributed by atoms with Gasteiger partial charge in [0.25, 0.3) is 0 Å². The van der Waals surface area contributed by atoms with E-state index in [-0.39, 0.29) is 5.91 Å². The maximum absolute atomic E-state index is 12.2. The lowest BCUT2D eigenvalue weighted by Gasteiger charge is -2.18. The number of hydrogen-bond acceptors (Lipinski definition) is 5. The average molecular weight is 384 g/mol. The molecule has 0 bridgehead atoms. The van der Waals surface area contributed by atoms with Crippen molar-refractivity contribution in [1.82, 2.24) is 15.3 Å². The Morgan fingerprint density at radius 2 is 2.15 bits per heavy atom. The van der Waals surface area contributed by atoms with Gasteiger partial charge in [-0.3, -0.25) is 4.79 Å². The predicted octanol–water partition coefficient (Wildman–Crippen LogP) is 4.22. The molecule has 2 aromatic heterocycles. The molecule has 134 valence electrons. The molecule has 6 heteroatoms. The second-order valence-electron chi connectivity index (χ2n) is 6.76. The van der Waals surface area contributed by atoms with Crippen LogP contribution in [0.1, 0.15) is 29.3 Å². The number of nitrogens with zero attached hydrogens (tertiary/aromatic N) is 2. The van der Waals surface area contributed by atoms with Crippen LogP contribution in [0.2, 0.25) is 0 Å². The van der Waals surface area contributed by atoms with E-state index in [9.17, 15) is 4.79 Å². The van der Waals surface area contributed by atoms with Gasteiger partial charge in [-0.25, -0.2) is 9.97 Å². The topological polar surface area (TPSA) is 54.9 Å². The van der Waals surface area contributed by atoms with Crippen molar-refractivity contribution in [2.24, 2.45) is 5.92 Å². The average Bonchev–Trinajstić information content (AvgIpc) is 3.03. The van der Waals surface area contributed by atoms with E-state index in [1.807, 2.05) is 30.3 Å². The number of rotatable bonds is 5. The minimum Gasteiger partial charge on any atom is -0.351 e. The number of aromatic nitrogens is 2. The number of thiophene rings is 1. The van der Waals surface area contributed by atoms with Crippen LogP contribution in [0.4, 0.5) is 0 Å². The fourth-order valence-corrected chi connectivity index (χ4v) is 5.61. The van der Waals surface area contributed by atoms with Crippen LogP contribution in [0.25, 0.3) is 10.2 Å². The molecule has 0 aliphatic heterocycles. The Labute approximate surface area is 161 Å². The minimum absolute atomic E-state index is 0.0309. The second kappa shape index (κ2) is 7.76. The van der Waals surface area contributed by atoms with Gasteiger partial charge in [-0.05, 0) is 36.3 Å². The van der Waals surface area contributed by atoms with E-state index in [2.05, 4.69) is 22.2 Å². The molecule has 1 amide bonds. The fourth-order valence-electron chi connectivity index (χ4n) is 3.34. The van der Waals surface area contributed by atoms with Crippen LogP contribution in [0, 0.1) is 5.92 Å². The number of hydrogen-bond donors (Lipinski definition) is 1. The number of amides is 1. The maximum atomic E-state index is 12.2. The van der Waals surface area contributed by atoms with Crippen molar-refractivity contribution in [3.63, 3.8) is 0 Å². The van der Waals surface area contributed by atoms with Crippen LogP contribution in [0.5, 0.6) is 0 Å². The molecule has 0 unspecified atom stereocenters. The lowest BCUT2D eigenvalue weighted by atomic mass is 9.89. The molecule has 1 aliphatic rings. The monoisotopic (exact) mass is 383 g/mol. The third-order valence-electron chi connectivity index (χ3n) is 4.73. The zero-order chi connectivity index (χ0) is 17.9. The van der Waals surface area contributed by atoms with Gasteiger partial charge in [0.05, 0.1) is 5.75 Å². The van der Waals surface area contributed by atoms with Gasteiger partial charge in [0.15, 0.2) is 0 Å². The highest BCUT2D eigenvalue weighted by Crippen LogP contribution is 2.40. The second-order valence-corrected chi connectivity index (χ2v) is 8.81. The smallest absolute Gasteiger partial charge is 0.230 e. The molecule has 0 spiro atoms. The first-order valence-corrected chi connectivity index (χ1v) is 10.7. The Kier molecular flexibility index (Phi) is 5.22. The minimum atomic E-state index is 0.0309. The Hall–Kier alpha value is -1.92. The summed E-state index contributed by atoms with van der Waals surface area (Å²) in [6, 6.07) is 9.97. The quantitative estimate of drug-likeness (QED) is 0.529. The third-order valence-corrected chi connectivity index (χ3v) is 6.88. The van der Waals surface area contributed by atoms with Crippen LogP contribution in [-0.2, 0) is 24.2 Å². The summed E-state index contributed by atoms with van der Waals surface area (Å²) in [5, 5.41) is 5.10. The number of nitrogens with one attached hydrogen (secondary N) is 1. The van der Waals surface area contributed by atoms with Crippen molar-refractivity contribution >= 4 is 39.2 Å². The predicted molar refractivity (Wildman–Crippen MR) is 108 cm³/mol. The van der Waals surface area contributed by atoms with E-state index in [1.165, 1.54) is 34.0 Å². The van der Waals surface area contributed by atoms with Crippen molar-refractivity contribution in [3.05, 3.63) is 52.7 Å². The zero-order valence-electron chi connectivity index (χ0n) is 14.7. The first-order chi connectivity index (χ1) is 12.7. The van der Waals surface area contributed by atoms with E-state index in [0.29, 0.717) is 12.3 Å². The number of carbonyl (C=O) groups excluding carboxylic acids is 1. The van der Waals surface area contributed by atoms with Crippen molar-refractivity contribution in [1.29, 1.82) is 0 Å². The number of carbonyl (C=O) groups is 1. The molecule has 3 aromatic rings. The molecule has 1 aromatic carbocycles. The third kappa shape index (κ3) is 3.76. The normalized spacial score (nSPS) is 16.4.